The molecule has 0 fully saturated rings. The zero-order chi connectivity index (χ0) is 24.6. The van der Waals surface area contributed by atoms with E-state index in [4.69, 9.17) is 9.47 Å². The lowest BCUT2D eigenvalue weighted by molar-refractivity contribution is -0.112. The molecular weight excluding hydrogens is 452 g/mol. The number of Topliss-reactive ketones (excluding diaryl/α,β-unsaturated/α-hetero) is 1. The van der Waals surface area contributed by atoms with Crippen molar-refractivity contribution in [1.82, 2.24) is 4.57 Å². The number of nitrogens with one attached hydrogen (secondary N) is 1. The molecule has 0 atom stereocenters. The highest BCUT2D eigenvalue weighted by atomic mass is 16.5. The minimum atomic E-state index is -0.706. The van der Waals surface area contributed by atoms with Crippen LogP contribution in [0.1, 0.15) is 15.9 Å². The van der Waals surface area contributed by atoms with Gasteiger partial charge in [0.25, 0.3) is 11.7 Å². The molecule has 1 aromatic heterocycles. The van der Waals surface area contributed by atoms with Crippen LogP contribution in [-0.4, -0.2) is 16.3 Å². The van der Waals surface area contributed by atoms with Crippen LogP contribution in [-0.2, 0) is 18.4 Å². The van der Waals surface area contributed by atoms with E-state index in [2.05, 4.69) is 5.32 Å². The van der Waals surface area contributed by atoms with Crippen LogP contribution in [0.4, 0.5) is 5.69 Å². The van der Waals surface area contributed by atoms with Gasteiger partial charge in [0.2, 0.25) is 0 Å². The molecule has 6 heteroatoms. The van der Waals surface area contributed by atoms with Crippen molar-refractivity contribution in [3.63, 3.8) is 0 Å². The summed E-state index contributed by atoms with van der Waals surface area (Å²) in [6.45, 7) is 0.283. The van der Waals surface area contributed by atoms with Gasteiger partial charge in [-0.1, -0.05) is 60.7 Å². The van der Waals surface area contributed by atoms with Gasteiger partial charge in [-0.05, 0) is 42.0 Å². The molecule has 6 rings (SSSR count). The number of hydrogen-bond acceptors (Lipinski definition) is 4. The van der Waals surface area contributed by atoms with Crippen LogP contribution in [0.5, 0.6) is 17.2 Å². The lowest BCUT2D eigenvalue weighted by Gasteiger charge is -2.11. The number of rotatable bonds is 4. The number of ether oxygens (including phenoxy) is 2. The Morgan fingerprint density at radius 2 is 1.53 bits per heavy atom. The number of carbonyl (C=O) groups excluding carboxylic acids is 2. The third kappa shape index (κ3) is 3.69. The molecule has 1 aliphatic rings. The summed E-state index contributed by atoms with van der Waals surface area (Å²) in [5, 5.41) is 3.51. The summed E-state index contributed by atoms with van der Waals surface area (Å²) < 4.78 is 13.8. The molecule has 1 amide bonds. The number of para-hydroxylation sites is 3. The van der Waals surface area contributed by atoms with Crippen LogP contribution >= 0.6 is 0 Å². The molecule has 0 bridgehead atoms. The molecule has 5 aromatic rings. The van der Waals surface area contributed by atoms with Gasteiger partial charge in [0.15, 0.2) is 11.5 Å². The normalized spacial score (nSPS) is 12.0. The monoisotopic (exact) mass is 474 g/mol. The maximum absolute atomic E-state index is 13.6. The zero-order valence-electron chi connectivity index (χ0n) is 19.5. The van der Waals surface area contributed by atoms with Gasteiger partial charge in [-0.25, -0.2) is 0 Å². The Kier molecular flexibility index (Phi) is 5.26. The number of aromatic nitrogens is 1. The number of ketones is 1. The van der Waals surface area contributed by atoms with E-state index in [-0.39, 0.29) is 6.61 Å². The van der Waals surface area contributed by atoms with Crippen LogP contribution in [0.2, 0.25) is 0 Å². The minimum absolute atomic E-state index is 0.283. The minimum Gasteiger partial charge on any atom is -0.485 e. The van der Waals surface area contributed by atoms with E-state index in [1.807, 2.05) is 90.5 Å². The van der Waals surface area contributed by atoms with E-state index >= 15 is 0 Å². The Bertz CT molecular complexity index is 1640. The SMILES string of the molecule is Cn1c(-c2ccccc2)c(C(=O)C(=O)Nc2ccc3c(c2)COc2ccccc2O3)c2ccccc21. The second kappa shape index (κ2) is 8.74. The third-order valence-corrected chi connectivity index (χ3v) is 6.36. The Hall–Kier alpha value is -4.84. The molecule has 0 radical (unpaired) electrons. The summed E-state index contributed by atoms with van der Waals surface area (Å²) in [5.41, 5.74) is 4.10. The van der Waals surface area contributed by atoms with Crippen molar-refractivity contribution in [3.8, 4) is 28.5 Å². The van der Waals surface area contributed by atoms with E-state index in [1.54, 1.807) is 18.2 Å². The van der Waals surface area contributed by atoms with Crippen LogP contribution in [0.3, 0.4) is 0 Å². The predicted molar refractivity (Wildman–Crippen MR) is 139 cm³/mol. The molecule has 6 nitrogen and oxygen atoms in total. The second-order valence-electron chi connectivity index (χ2n) is 8.61. The summed E-state index contributed by atoms with van der Waals surface area (Å²) >= 11 is 0. The second-order valence-corrected chi connectivity index (χ2v) is 8.61. The number of nitrogens with zero attached hydrogens (tertiary/aromatic N) is 1. The molecule has 0 unspecified atom stereocenters. The number of amides is 1. The smallest absolute Gasteiger partial charge is 0.296 e. The Balaban J connectivity index is 1.33. The van der Waals surface area contributed by atoms with E-state index < -0.39 is 11.7 Å². The molecule has 0 saturated carbocycles. The third-order valence-electron chi connectivity index (χ3n) is 6.36. The fraction of sp³-hybridized carbons (Fsp3) is 0.0667. The summed E-state index contributed by atoms with van der Waals surface area (Å²) in [4.78, 5) is 26.8. The molecule has 36 heavy (non-hydrogen) atoms. The summed E-state index contributed by atoms with van der Waals surface area (Å²) in [6, 6.07) is 29.9. The van der Waals surface area contributed by atoms with Crippen molar-refractivity contribution in [2.24, 2.45) is 7.05 Å². The Labute approximate surface area is 207 Å². The van der Waals surface area contributed by atoms with Crippen LogP contribution in [0, 0.1) is 0 Å². The first kappa shape index (κ1) is 21.7. The number of hydrogen-bond donors (Lipinski definition) is 1. The number of benzene rings is 4. The number of anilines is 1. The first-order chi connectivity index (χ1) is 17.6. The molecule has 176 valence electrons. The maximum Gasteiger partial charge on any atom is 0.296 e. The van der Waals surface area contributed by atoms with Crippen molar-refractivity contribution in [1.29, 1.82) is 0 Å². The Morgan fingerprint density at radius 1 is 0.806 bits per heavy atom. The Morgan fingerprint density at radius 3 is 2.36 bits per heavy atom. The molecule has 2 heterocycles. The van der Waals surface area contributed by atoms with Gasteiger partial charge in [0.1, 0.15) is 12.4 Å². The topological polar surface area (TPSA) is 69.6 Å². The number of fused-ring (bicyclic) bond motifs is 3. The zero-order valence-corrected chi connectivity index (χ0v) is 19.5. The van der Waals surface area contributed by atoms with Crippen molar-refractivity contribution in [2.45, 2.75) is 6.61 Å². The molecular formula is C30H22N2O4. The van der Waals surface area contributed by atoms with Gasteiger partial charge in [-0.3, -0.25) is 9.59 Å². The van der Waals surface area contributed by atoms with Gasteiger partial charge in [-0.2, -0.15) is 0 Å². The maximum atomic E-state index is 13.6. The first-order valence-electron chi connectivity index (χ1n) is 11.6. The van der Waals surface area contributed by atoms with Gasteiger partial charge in [0, 0.05) is 29.2 Å². The van der Waals surface area contributed by atoms with Gasteiger partial charge in [-0.15, -0.1) is 0 Å². The first-order valence-corrected chi connectivity index (χ1v) is 11.6. The van der Waals surface area contributed by atoms with Crippen LogP contribution < -0.4 is 14.8 Å². The number of carbonyl (C=O) groups is 2. The molecule has 0 aliphatic carbocycles. The van der Waals surface area contributed by atoms with Crippen molar-refractivity contribution >= 4 is 28.3 Å². The molecule has 0 spiro atoms. The molecule has 4 aromatic carbocycles. The lowest BCUT2D eigenvalue weighted by atomic mass is 10.0. The lowest BCUT2D eigenvalue weighted by Crippen LogP contribution is -2.23. The average molecular weight is 475 g/mol. The quantitative estimate of drug-likeness (QED) is 0.243. The molecule has 1 N–H and O–H groups in total. The largest absolute Gasteiger partial charge is 0.485 e. The van der Waals surface area contributed by atoms with Crippen LogP contribution in [0.15, 0.2) is 97.1 Å². The van der Waals surface area contributed by atoms with E-state index in [0.717, 1.165) is 22.0 Å². The fourth-order valence-electron chi connectivity index (χ4n) is 4.66. The van der Waals surface area contributed by atoms with Crippen molar-refractivity contribution < 1.29 is 19.1 Å². The highest BCUT2D eigenvalue weighted by Gasteiger charge is 2.27. The van der Waals surface area contributed by atoms with Gasteiger partial charge in [0.05, 0.1) is 11.3 Å². The van der Waals surface area contributed by atoms with E-state index in [0.29, 0.717) is 34.2 Å². The predicted octanol–water partition coefficient (Wildman–Crippen LogP) is 6.35. The summed E-state index contributed by atoms with van der Waals surface area (Å²) in [7, 11) is 1.91. The van der Waals surface area contributed by atoms with Crippen LogP contribution in [0.25, 0.3) is 22.2 Å². The highest BCUT2D eigenvalue weighted by Crippen LogP contribution is 2.38. The van der Waals surface area contributed by atoms with Crippen molar-refractivity contribution in [3.05, 3.63) is 108 Å². The average Bonchev–Trinajstić information content (AvgIpc) is 3.08. The van der Waals surface area contributed by atoms with Crippen molar-refractivity contribution in [2.75, 3.05) is 5.32 Å². The van der Waals surface area contributed by atoms with E-state index in [1.165, 1.54) is 0 Å². The summed E-state index contributed by atoms with van der Waals surface area (Å²) in [6.07, 6.45) is 0. The van der Waals surface area contributed by atoms with E-state index in [9.17, 15) is 9.59 Å². The number of aryl methyl sites for hydroxylation is 1. The highest BCUT2D eigenvalue weighted by molar-refractivity contribution is 6.49. The summed E-state index contributed by atoms with van der Waals surface area (Å²) in [5.74, 6) is 0.624. The molecule has 0 saturated heterocycles. The van der Waals surface area contributed by atoms with Gasteiger partial charge >= 0.3 is 0 Å². The van der Waals surface area contributed by atoms with Gasteiger partial charge < -0.3 is 19.4 Å². The fourth-order valence-corrected chi connectivity index (χ4v) is 4.66. The molecule has 1 aliphatic heterocycles. The standard InChI is InChI=1S/C30H22N2O4/c1-32-23-12-6-5-11-22(23)27(28(32)19-9-3-2-4-10-19)29(33)30(34)31-21-15-16-24-20(17-21)18-35-25-13-7-8-14-26(25)36-24/h2-17H,18H2,1H3,(H,31,34).